The van der Waals surface area contributed by atoms with Crippen LogP contribution in [0, 0.1) is 13.8 Å². The number of nitrogens with two attached hydrogens (primary N) is 1. The van der Waals surface area contributed by atoms with E-state index in [9.17, 15) is 9.59 Å². The standard InChI is InChI=1S/C30H38N8O2/c1-18(2)38-28-25(17-34-38)23(30(40)33-16-24-19(3)13-20(4)35-27(24)31)15-26(36-28)21-9-7-10-22(14-21)29(39)32-11-8-12-37(5)6/h7,9-10,13-15,17-18H,8,11-12,16H2,1-6H3,(H2,31,35)(H,32,39)(H,33,40). The van der Waals surface area contributed by atoms with Crippen molar-refractivity contribution >= 4 is 28.7 Å². The number of aryl methyl sites for hydroxylation is 2. The molecule has 0 aliphatic rings. The third-order valence-electron chi connectivity index (χ3n) is 6.72. The number of fused-ring (bicyclic) bond motifs is 1. The van der Waals surface area contributed by atoms with Crippen LogP contribution in [0.3, 0.4) is 0 Å². The summed E-state index contributed by atoms with van der Waals surface area (Å²) in [5, 5.41) is 11.1. The van der Waals surface area contributed by atoms with E-state index in [2.05, 4.69) is 25.6 Å². The summed E-state index contributed by atoms with van der Waals surface area (Å²) in [6.45, 7) is 9.58. The highest BCUT2D eigenvalue weighted by Crippen LogP contribution is 2.27. The van der Waals surface area contributed by atoms with Gasteiger partial charge in [-0.1, -0.05) is 12.1 Å². The Kier molecular flexibility index (Phi) is 8.79. The van der Waals surface area contributed by atoms with E-state index in [1.54, 1.807) is 29.1 Å². The fraction of sp³-hybridized carbons (Fsp3) is 0.367. The van der Waals surface area contributed by atoms with Crippen LogP contribution in [-0.4, -0.2) is 63.6 Å². The molecule has 0 fully saturated rings. The molecule has 40 heavy (non-hydrogen) atoms. The molecule has 0 bridgehead atoms. The fourth-order valence-electron chi connectivity index (χ4n) is 4.64. The molecule has 3 aromatic heterocycles. The van der Waals surface area contributed by atoms with Crippen LogP contribution in [-0.2, 0) is 6.54 Å². The number of nitrogens with one attached hydrogen (secondary N) is 2. The summed E-state index contributed by atoms with van der Waals surface area (Å²) < 4.78 is 1.79. The van der Waals surface area contributed by atoms with Crippen LogP contribution < -0.4 is 16.4 Å². The summed E-state index contributed by atoms with van der Waals surface area (Å²) in [6.07, 6.45) is 2.53. The van der Waals surface area contributed by atoms with E-state index >= 15 is 0 Å². The van der Waals surface area contributed by atoms with E-state index < -0.39 is 0 Å². The second-order valence-corrected chi connectivity index (χ2v) is 10.6. The molecule has 10 heteroatoms. The van der Waals surface area contributed by atoms with E-state index in [4.69, 9.17) is 10.7 Å². The molecule has 0 saturated heterocycles. The van der Waals surface area contributed by atoms with E-state index in [0.717, 1.165) is 35.3 Å². The van der Waals surface area contributed by atoms with Crippen LogP contribution in [0.1, 0.15) is 63.8 Å². The maximum atomic E-state index is 13.5. The topological polar surface area (TPSA) is 131 Å². The van der Waals surface area contributed by atoms with Crippen molar-refractivity contribution in [2.45, 2.75) is 46.7 Å². The first-order valence-electron chi connectivity index (χ1n) is 13.5. The SMILES string of the molecule is Cc1cc(C)c(CNC(=O)c2cc(-c3cccc(C(=O)NCCCN(C)C)c3)nc3c2cnn3C(C)C)c(N)n1. The number of carbonyl (C=O) groups excluding carboxylic acids is 2. The molecule has 0 aliphatic heterocycles. The maximum absolute atomic E-state index is 13.5. The number of nitrogens with zero attached hydrogens (tertiary/aromatic N) is 5. The zero-order chi connectivity index (χ0) is 29.0. The Hall–Kier alpha value is -4.31. The van der Waals surface area contributed by atoms with Gasteiger partial charge in [0.2, 0.25) is 0 Å². The quantitative estimate of drug-likeness (QED) is 0.259. The molecule has 0 unspecified atom stereocenters. The highest BCUT2D eigenvalue weighted by atomic mass is 16.2. The van der Waals surface area contributed by atoms with Gasteiger partial charge in [0.05, 0.1) is 22.8 Å². The first-order chi connectivity index (χ1) is 19.0. The minimum Gasteiger partial charge on any atom is -0.383 e. The van der Waals surface area contributed by atoms with Gasteiger partial charge in [0.15, 0.2) is 5.65 Å². The second kappa shape index (κ2) is 12.3. The molecule has 3 heterocycles. The number of nitrogen functional groups attached to an aromatic ring is 1. The van der Waals surface area contributed by atoms with E-state index in [-0.39, 0.29) is 24.4 Å². The molecule has 4 aromatic rings. The van der Waals surface area contributed by atoms with Gasteiger partial charge >= 0.3 is 0 Å². The lowest BCUT2D eigenvalue weighted by molar-refractivity contribution is 0.0944. The van der Waals surface area contributed by atoms with Crippen molar-refractivity contribution in [2.24, 2.45) is 0 Å². The zero-order valence-corrected chi connectivity index (χ0v) is 24.1. The van der Waals surface area contributed by atoms with Crippen molar-refractivity contribution in [3.63, 3.8) is 0 Å². The maximum Gasteiger partial charge on any atom is 0.252 e. The lowest BCUT2D eigenvalue weighted by atomic mass is 10.0. The first-order valence-corrected chi connectivity index (χ1v) is 13.5. The molecule has 0 aliphatic carbocycles. The number of rotatable bonds is 10. The van der Waals surface area contributed by atoms with Crippen molar-refractivity contribution in [3.05, 3.63) is 70.5 Å². The van der Waals surface area contributed by atoms with Crippen LogP contribution in [0.2, 0.25) is 0 Å². The molecule has 0 radical (unpaired) electrons. The number of anilines is 1. The normalized spacial score (nSPS) is 11.4. The summed E-state index contributed by atoms with van der Waals surface area (Å²) in [5.41, 5.74) is 11.6. The summed E-state index contributed by atoms with van der Waals surface area (Å²) >= 11 is 0. The second-order valence-electron chi connectivity index (χ2n) is 10.6. The van der Waals surface area contributed by atoms with Gasteiger partial charge in [0.25, 0.3) is 11.8 Å². The smallest absolute Gasteiger partial charge is 0.252 e. The summed E-state index contributed by atoms with van der Waals surface area (Å²) in [4.78, 5) is 37.7. The molecule has 0 spiro atoms. The van der Waals surface area contributed by atoms with Gasteiger partial charge in [0, 0.05) is 41.5 Å². The summed E-state index contributed by atoms with van der Waals surface area (Å²) in [5.74, 6) is -0.0135. The third kappa shape index (κ3) is 6.45. The Labute approximate surface area is 235 Å². The molecule has 2 amide bonds. The predicted octanol–water partition coefficient (Wildman–Crippen LogP) is 3.88. The van der Waals surface area contributed by atoms with Gasteiger partial charge < -0.3 is 21.3 Å². The van der Waals surface area contributed by atoms with Crippen molar-refractivity contribution in [3.8, 4) is 11.3 Å². The van der Waals surface area contributed by atoms with Crippen LogP contribution in [0.15, 0.2) is 42.6 Å². The van der Waals surface area contributed by atoms with Gasteiger partial charge in [-0.3, -0.25) is 9.59 Å². The van der Waals surface area contributed by atoms with Gasteiger partial charge in [0.1, 0.15) is 5.82 Å². The molecule has 10 nitrogen and oxygen atoms in total. The third-order valence-corrected chi connectivity index (χ3v) is 6.72. The van der Waals surface area contributed by atoms with Crippen molar-refractivity contribution in [2.75, 3.05) is 32.9 Å². The number of benzene rings is 1. The molecule has 210 valence electrons. The average molecular weight is 543 g/mol. The summed E-state index contributed by atoms with van der Waals surface area (Å²) in [6, 6.07) is 11.0. The van der Waals surface area contributed by atoms with Gasteiger partial charge in [-0.05, 0) is 84.6 Å². The number of hydrogen-bond acceptors (Lipinski definition) is 7. The Morgan fingerprint density at radius 2 is 1.82 bits per heavy atom. The van der Waals surface area contributed by atoms with Crippen LogP contribution in [0.4, 0.5) is 5.82 Å². The predicted molar refractivity (Wildman–Crippen MR) is 158 cm³/mol. The lowest BCUT2D eigenvalue weighted by Gasteiger charge is -2.13. The fourth-order valence-corrected chi connectivity index (χ4v) is 4.64. The van der Waals surface area contributed by atoms with Gasteiger partial charge in [-0.15, -0.1) is 0 Å². The Morgan fingerprint density at radius 3 is 2.52 bits per heavy atom. The van der Waals surface area contributed by atoms with Crippen LogP contribution >= 0.6 is 0 Å². The van der Waals surface area contributed by atoms with E-state index in [1.165, 1.54) is 0 Å². The molecule has 0 atom stereocenters. The summed E-state index contributed by atoms with van der Waals surface area (Å²) in [7, 11) is 4.01. The monoisotopic (exact) mass is 542 g/mol. The largest absolute Gasteiger partial charge is 0.383 e. The minimum absolute atomic E-state index is 0.0384. The molecular formula is C30H38N8O2. The number of aromatic nitrogens is 4. The zero-order valence-electron chi connectivity index (χ0n) is 24.1. The van der Waals surface area contributed by atoms with E-state index in [1.807, 2.05) is 60.0 Å². The molecule has 4 rings (SSSR count). The number of amides is 2. The Balaban J connectivity index is 1.66. The van der Waals surface area contributed by atoms with Gasteiger partial charge in [-0.25, -0.2) is 14.6 Å². The molecule has 4 N–H and O–H groups in total. The Bertz CT molecular complexity index is 1520. The highest BCUT2D eigenvalue weighted by molar-refractivity contribution is 6.06. The molecule has 0 saturated carbocycles. The van der Waals surface area contributed by atoms with Crippen molar-refractivity contribution < 1.29 is 9.59 Å². The number of carbonyl (C=O) groups is 2. The Morgan fingerprint density at radius 1 is 1.05 bits per heavy atom. The lowest BCUT2D eigenvalue weighted by Crippen LogP contribution is -2.27. The van der Waals surface area contributed by atoms with Crippen LogP contribution in [0.5, 0.6) is 0 Å². The minimum atomic E-state index is -0.272. The van der Waals surface area contributed by atoms with Crippen LogP contribution in [0.25, 0.3) is 22.3 Å². The molecular weight excluding hydrogens is 504 g/mol. The first kappa shape index (κ1) is 28.7. The highest BCUT2D eigenvalue weighted by Gasteiger charge is 2.20. The average Bonchev–Trinajstić information content (AvgIpc) is 3.34. The molecule has 1 aromatic carbocycles. The van der Waals surface area contributed by atoms with Crippen molar-refractivity contribution in [1.82, 2.24) is 35.3 Å². The number of hydrogen-bond donors (Lipinski definition) is 3. The van der Waals surface area contributed by atoms with Crippen molar-refractivity contribution in [1.29, 1.82) is 0 Å². The number of pyridine rings is 2. The van der Waals surface area contributed by atoms with E-state index in [0.29, 0.717) is 40.2 Å². The van der Waals surface area contributed by atoms with Gasteiger partial charge in [-0.2, -0.15) is 5.10 Å².